The van der Waals surface area contributed by atoms with Gasteiger partial charge in [-0.1, -0.05) is 15.9 Å². The summed E-state index contributed by atoms with van der Waals surface area (Å²) >= 11 is 2.96. The Labute approximate surface area is 117 Å². The Balaban J connectivity index is 2.92. The first-order valence-corrected chi connectivity index (χ1v) is 6.20. The quantitative estimate of drug-likeness (QED) is 0.664. The number of hydrogen-bond donors (Lipinski definition) is 1. The zero-order chi connectivity index (χ0) is 14.5. The number of rotatable bonds is 3. The van der Waals surface area contributed by atoms with Gasteiger partial charge in [-0.05, 0) is 25.1 Å². The number of halogens is 4. The van der Waals surface area contributed by atoms with Gasteiger partial charge < -0.3 is 5.32 Å². The number of carbonyl (C=O) groups excluding carboxylic acids is 1. The number of hydrogen-bond acceptors (Lipinski definition) is 1. The summed E-state index contributed by atoms with van der Waals surface area (Å²) in [4.78, 5) is 11.7. The van der Waals surface area contributed by atoms with Crippen LogP contribution >= 0.6 is 15.9 Å². The van der Waals surface area contributed by atoms with Crippen molar-refractivity contribution in [3.05, 3.63) is 33.8 Å². The van der Waals surface area contributed by atoms with Crippen LogP contribution in [0.4, 0.5) is 13.2 Å². The fraction of sp³-hybridized carbons (Fsp3) is 0.308. The molecule has 0 saturated heterocycles. The molecule has 2 nitrogen and oxygen atoms in total. The minimum absolute atomic E-state index is 0.215. The van der Waals surface area contributed by atoms with E-state index in [1.807, 2.05) is 0 Å². The largest absolute Gasteiger partial charge is 0.417 e. The molecule has 1 aromatic carbocycles. The summed E-state index contributed by atoms with van der Waals surface area (Å²) in [6.45, 7) is 1.87. The molecule has 0 aliphatic carbocycles. The van der Waals surface area contributed by atoms with Gasteiger partial charge in [0.25, 0.3) is 5.91 Å². The van der Waals surface area contributed by atoms with Gasteiger partial charge >= 0.3 is 6.18 Å². The van der Waals surface area contributed by atoms with Gasteiger partial charge in [-0.25, -0.2) is 0 Å². The van der Waals surface area contributed by atoms with Crippen LogP contribution in [0, 0.1) is 11.8 Å². The molecule has 0 atom stereocenters. The first-order chi connectivity index (χ1) is 8.86. The van der Waals surface area contributed by atoms with E-state index >= 15 is 0 Å². The first kappa shape index (κ1) is 15.6. The van der Waals surface area contributed by atoms with Crippen molar-refractivity contribution in [1.29, 1.82) is 0 Å². The summed E-state index contributed by atoms with van der Waals surface area (Å²) < 4.78 is 38.7. The smallest absolute Gasteiger partial charge is 0.351 e. The Bertz CT molecular complexity index is 529. The van der Waals surface area contributed by atoms with Gasteiger partial charge in [0.1, 0.15) is 0 Å². The Kier molecular flexibility index (Phi) is 5.43. The highest BCUT2D eigenvalue weighted by atomic mass is 79.9. The zero-order valence-electron chi connectivity index (χ0n) is 10.1. The van der Waals surface area contributed by atoms with Gasteiger partial charge in [-0.3, -0.25) is 4.79 Å². The van der Waals surface area contributed by atoms with E-state index < -0.39 is 17.6 Å². The molecule has 0 aromatic heterocycles. The van der Waals surface area contributed by atoms with Gasteiger partial charge in [-0.2, -0.15) is 13.2 Å². The summed E-state index contributed by atoms with van der Waals surface area (Å²) in [6.07, 6.45) is -4.17. The topological polar surface area (TPSA) is 29.1 Å². The van der Waals surface area contributed by atoms with Crippen molar-refractivity contribution in [3.63, 3.8) is 0 Å². The standard InChI is InChI=1S/C13H11BrF3NO/c1-2-3-4-7-18-12(19)10-6-5-9(14)8-11(10)13(15,16)17/h5-6,8H,4,7H2,1H3,(H,18,19). The average molecular weight is 334 g/mol. The Hall–Kier alpha value is -1.48. The lowest BCUT2D eigenvalue weighted by atomic mass is 10.1. The Morgan fingerprint density at radius 1 is 1.42 bits per heavy atom. The van der Waals surface area contributed by atoms with Gasteiger partial charge in [0.2, 0.25) is 0 Å². The zero-order valence-corrected chi connectivity index (χ0v) is 11.7. The highest BCUT2D eigenvalue weighted by molar-refractivity contribution is 9.10. The summed E-state index contributed by atoms with van der Waals surface area (Å²) in [6, 6.07) is 3.44. The van der Waals surface area contributed by atoms with Crippen LogP contribution in [0.15, 0.2) is 22.7 Å². The van der Waals surface area contributed by atoms with Crippen LogP contribution in [-0.2, 0) is 6.18 Å². The van der Waals surface area contributed by atoms with E-state index in [1.54, 1.807) is 6.92 Å². The lowest BCUT2D eigenvalue weighted by molar-refractivity contribution is -0.138. The SMILES string of the molecule is CC#CCCNC(=O)c1ccc(Br)cc1C(F)(F)F. The van der Waals surface area contributed by atoms with Gasteiger partial charge in [0, 0.05) is 17.4 Å². The van der Waals surface area contributed by atoms with Gasteiger partial charge in [0.05, 0.1) is 11.1 Å². The maximum absolute atomic E-state index is 12.8. The van der Waals surface area contributed by atoms with E-state index in [-0.39, 0.29) is 16.6 Å². The van der Waals surface area contributed by atoms with Crippen LogP contribution in [0.1, 0.15) is 29.3 Å². The molecule has 1 amide bonds. The fourth-order valence-corrected chi connectivity index (χ4v) is 1.77. The monoisotopic (exact) mass is 333 g/mol. The minimum Gasteiger partial charge on any atom is -0.351 e. The van der Waals surface area contributed by atoms with Crippen molar-refractivity contribution < 1.29 is 18.0 Å². The normalized spacial score (nSPS) is 10.6. The third-order valence-corrected chi connectivity index (χ3v) is 2.74. The molecule has 102 valence electrons. The van der Waals surface area contributed by atoms with E-state index in [9.17, 15) is 18.0 Å². The Morgan fingerprint density at radius 3 is 2.68 bits per heavy atom. The third-order valence-electron chi connectivity index (χ3n) is 2.24. The molecular weight excluding hydrogens is 323 g/mol. The third kappa shape index (κ3) is 4.60. The molecule has 0 heterocycles. The van der Waals surface area contributed by atoms with Crippen LogP contribution in [0.2, 0.25) is 0 Å². The molecule has 0 saturated carbocycles. The average Bonchev–Trinajstić information content (AvgIpc) is 2.33. The number of carbonyl (C=O) groups is 1. The van der Waals surface area contributed by atoms with Crippen molar-refractivity contribution in [2.24, 2.45) is 0 Å². The predicted octanol–water partition coefficient (Wildman–Crippen LogP) is 3.61. The molecule has 1 N–H and O–H groups in total. The second-order valence-corrected chi connectivity index (χ2v) is 4.54. The Morgan fingerprint density at radius 2 is 2.11 bits per heavy atom. The van der Waals surface area contributed by atoms with Crippen molar-refractivity contribution in [2.45, 2.75) is 19.5 Å². The van der Waals surface area contributed by atoms with Crippen molar-refractivity contribution >= 4 is 21.8 Å². The van der Waals surface area contributed by atoms with Crippen molar-refractivity contribution in [2.75, 3.05) is 6.54 Å². The number of nitrogens with one attached hydrogen (secondary N) is 1. The molecule has 19 heavy (non-hydrogen) atoms. The van der Waals surface area contributed by atoms with Crippen molar-refractivity contribution in [1.82, 2.24) is 5.32 Å². The molecule has 0 spiro atoms. The molecule has 0 aliphatic heterocycles. The molecule has 0 radical (unpaired) electrons. The molecule has 0 fully saturated rings. The van der Waals surface area contributed by atoms with Crippen LogP contribution in [0.5, 0.6) is 0 Å². The number of alkyl halides is 3. The van der Waals surface area contributed by atoms with Gasteiger partial charge in [-0.15, -0.1) is 11.8 Å². The highest BCUT2D eigenvalue weighted by Gasteiger charge is 2.35. The van der Waals surface area contributed by atoms with E-state index in [1.165, 1.54) is 6.07 Å². The lowest BCUT2D eigenvalue weighted by Gasteiger charge is -2.13. The van der Waals surface area contributed by atoms with Crippen molar-refractivity contribution in [3.8, 4) is 11.8 Å². The summed E-state index contributed by atoms with van der Waals surface area (Å²) in [7, 11) is 0. The van der Waals surface area contributed by atoms with Crippen LogP contribution in [0.3, 0.4) is 0 Å². The van der Waals surface area contributed by atoms with E-state index in [2.05, 4.69) is 33.1 Å². The second-order valence-electron chi connectivity index (χ2n) is 3.62. The highest BCUT2D eigenvalue weighted by Crippen LogP contribution is 2.33. The van der Waals surface area contributed by atoms with E-state index in [0.29, 0.717) is 6.42 Å². The molecule has 1 rings (SSSR count). The summed E-state index contributed by atoms with van der Waals surface area (Å²) in [5.41, 5.74) is -1.35. The molecule has 1 aromatic rings. The van der Waals surface area contributed by atoms with Crippen LogP contribution in [0.25, 0.3) is 0 Å². The fourth-order valence-electron chi connectivity index (χ4n) is 1.41. The molecule has 0 unspecified atom stereocenters. The van der Waals surface area contributed by atoms with Crippen LogP contribution < -0.4 is 5.32 Å². The molecular formula is C13H11BrF3NO. The minimum atomic E-state index is -4.57. The molecule has 6 heteroatoms. The predicted molar refractivity (Wildman–Crippen MR) is 69.5 cm³/mol. The summed E-state index contributed by atoms with van der Waals surface area (Å²) in [5, 5.41) is 2.41. The second kappa shape index (κ2) is 6.62. The number of benzene rings is 1. The summed E-state index contributed by atoms with van der Waals surface area (Å²) in [5.74, 6) is 4.60. The van der Waals surface area contributed by atoms with Crippen LogP contribution in [-0.4, -0.2) is 12.5 Å². The first-order valence-electron chi connectivity index (χ1n) is 5.41. The van der Waals surface area contributed by atoms with E-state index in [0.717, 1.165) is 12.1 Å². The number of amides is 1. The maximum Gasteiger partial charge on any atom is 0.417 e. The lowest BCUT2D eigenvalue weighted by Crippen LogP contribution is -2.27. The van der Waals surface area contributed by atoms with Gasteiger partial charge in [0.15, 0.2) is 0 Å². The maximum atomic E-state index is 12.8. The molecule has 0 aliphatic rings. The molecule has 0 bridgehead atoms. The van der Waals surface area contributed by atoms with E-state index in [4.69, 9.17) is 0 Å².